The summed E-state index contributed by atoms with van der Waals surface area (Å²) in [7, 11) is 0. The summed E-state index contributed by atoms with van der Waals surface area (Å²) < 4.78 is 0. The quantitative estimate of drug-likeness (QED) is 0.760. The van der Waals surface area contributed by atoms with E-state index in [9.17, 15) is 4.79 Å². The minimum atomic E-state index is -0.548. The van der Waals surface area contributed by atoms with Crippen molar-refractivity contribution < 1.29 is 9.90 Å². The molecule has 4 N–H and O–H groups in total. The summed E-state index contributed by atoms with van der Waals surface area (Å²) >= 11 is 0. The number of rotatable bonds is 5. The Balaban J connectivity index is 2.69. The van der Waals surface area contributed by atoms with Crippen LogP contribution in [-0.2, 0) is 11.2 Å². The van der Waals surface area contributed by atoms with Crippen molar-refractivity contribution in [1.82, 2.24) is 0 Å². The smallest absolute Gasteiger partial charge is 0.241 e. The van der Waals surface area contributed by atoms with E-state index < -0.39 is 6.04 Å². The summed E-state index contributed by atoms with van der Waals surface area (Å²) in [6.07, 6.45) is 1.52. The van der Waals surface area contributed by atoms with E-state index in [1.807, 2.05) is 45.0 Å². The van der Waals surface area contributed by atoms with E-state index in [0.29, 0.717) is 0 Å². The van der Waals surface area contributed by atoms with Crippen LogP contribution >= 0.6 is 0 Å². The van der Waals surface area contributed by atoms with Crippen LogP contribution in [0.15, 0.2) is 24.3 Å². The normalized spacial score (nSPS) is 13.1. The number of benzene rings is 1. The maximum Gasteiger partial charge on any atom is 0.241 e. The highest BCUT2D eigenvalue weighted by molar-refractivity contribution is 5.95. The lowest BCUT2D eigenvalue weighted by Gasteiger charge is -2.25. The molecule has 0 aromatic heterocycles. The second-order valence-corrected chi connectivity index (χ2v) is 5.86. The van der Waals surface area contributed by atoms with Gasteiger partial charge < -0.3 is 16.2 Å². The van der Waals surface area contributed by atoms with Crippen LogP contribution in [-0.4, -0.2) is 23.7 Å². The predicted molar refractivity (Wildman–Crippen MR) is 77.9 cm³/mol. The fourth-order valence-electron chi connectivity index (χ4n) is 1.70. The van der Waals surface area contributed by atoms with Gasteiger partial charge in [-0.2, -0.15) is 0 Å². The van der Waals surface area contributed by atoms with Gasteiger partial charge in [0.25, 0.3) is 0 Å². The molecule has 106 valence electrons. The fourth-order valence-corrected chi connectivity index (χ4v) is 1.70. The van der Waals surface area contributed by atoms with Crippen LogP contribution in [0.1, 0.15) is 32.8 Å². The van der Waals surface area contributed by atoms with Gasteiger partial charge in [0, 0.05) is 12.3 Å². The summed E-state index contributed by atoms with van der Waals surface area (Å²) in [5.41, 5.74) is 7.49. The minimum Gasteiger partial charge on any atom is -0.396 e. The molecule has 1 aromatic carbocycles. The van der Waals surface area contributed by atoms with Crippen LogP contribution in [0.25, 0.3) is 0 Å². The third-order valence-corrected chi connectivity index (χ3v) is 3.03. The van der Waals surface area contributed by atoms with Crippen molar-refractivity contribution in [1.29, 1.82) is 0 Å². The van der Waals surface area contributed by atoms with Gasteiger partial charge in [-0.25, -0.2) is 0 Å². The zero-order valence-electron chi connectivity index (χ0n) is 11.9. The molecule has 0 aliphatic rings. The third kappa shape index (κ3) is 5.01. The van der Waals surface area contributed by atoms with E-state index >= 15 is 0 Å². The van der Waals surface area contributed by atoms with Gasteiger partial charge in [-0.15, -0.1) is 0 Å². The van der Waals surface area contributed by atoms with Crippen molar-refractivity contribution >= 4 is 11.6 Å². The van der Waals surface area contributed by atoms with E-state index in [4.69, 9.17) is 10.8 Å². The van der Waals surface area contributed by atoms with Gasteiger partial charge in [-0.05, 0) is 36.0 Å². The Hall–Kier alpha value is -1.39. The Morgan fingerprint density at radius 2 is 2.11 bits per heavy atom. The van der Waals surface area contributed by atoms with E-state index in [0.717, 1.165) is 24.1 Å². The number of nitrogens with one attached hydrogen (secondary N) is 1. The number of carbonyl (C=O) groups excluding carboxylic acids is 1. The lowest BCUT2D eigenvalue weighted by molar-refractivity contribution is -0.119. The second kappa shape index (κ2) is 6.68. The molecule has 0 radical (unpaired) electrons. The maximum atomic E-state index is 12.0. The van der Waals surface area contributed by atoms with Gasteiger partial charge >= 0.3 is 0 Å². The molecule has 1 amide bonds. The van der Waals surface area contributed by atoms with Crippen molar-refractivity contribution in [2.24, 2.45) is 11.1 Å². The third-order valence-electron chi connectivity index (χ3n) is 3.03. The molecule has 1 unspecified atom stereocenters. The van der Waals surface area contributed by atoms with Crippen LogP contribution in [0.3, 0.4) is 0 Å². The number of carbonyl (C=O) groups is 1. The summed E-state index contributed by atoms with van der Waals surface area (Å²) in [5.74, 6) is -0.174. The molecule has 0 fully saturated rings. The number of amides is 1. The van der Waals surface area contributed by atoms with E-state index in [1.165, 1.54) is 0 Å². The molecule has 0 spiro atoms. The number of aryl methyl sites for hydroxylation is 1. The molecule has 0 saturated heterocycles. The summed E-state index contributed by atoms with van der Waals surface area (Å²) in [5, 5.41) is 11.7. The van der Waals surface area contributed by atoms with Crippen molar-refractivity contribution in [2.75, 3.05) is 11.9 Å². The molecule has 0 saturated carbocycles. The molecule has 0 aliphatic carbocycles. The number of hydrogen-bond acceptors (Lipinski definition) is 3. The summed E-state index contributed by atoms with van der Waals surface area (Å²) in [6, 6.07) is 7.09. The minimum absolute atomic E-state index is 0.172. The largest absolute Gasteiger partial charge is 0.396 e. The first-order chi connectivity index (χ1) is 8.84. The standard InChI is InChI=1S/C15H24N2O2/c1-15(2,3)13(16)14(19)17-12-8-4-6-11(10-12)7-5-9-18/h4,6,8,10,13,18H,5,7,9,16H2,1-3H3,(H,17,19). The average Bonchev–Trinajstić information content (AvgIpc) is 2.34. The van der Waals surface area contributed by atoms with Crippen LogP contribution in [0.2, 0.25) is 0 Å². The van der Waals surface area contributed by atoms with Crippen molar-refractivity contribution in [3.8, 4) is 0 Å². The van der Waals surface area contributed by atoms with Gasteiger partial charge in [0.2, 0.25) is 5.91 Å². The van der Waals surface area contributed by atoms with Gasteiger partial charge in [0.1, 0.15) is 0 Å². The molecule has 19 heavy (non-hydrogen) atoms. The van der Waals surface area contributed by atoms with Crippen LogP contribution in [0, 0.1) is 5.41 Å². The molecule has 1 rings (SSSR count). The van der Waals surface area contributed by atoms with Gasteiger partial charge in [-0.1, -0.05) is 32.9 Å². The molecular formula is C15H24N2O2. The second-order valence-electron chi connectivity index (χ2n) is 5.86. The van der Waals surface area contributed by atoms with Gasteiger partial charge in [-0.3, -0.25) is 4.79 Å². The lowest BCUT2D eigenvalue weighted by Crippen LogP contribution is -2.45. The number of aliphatic hydroxyl groups is 1. The molecular weight excluding hydrogens is 240 g/mol. The van der Waals surface area contributed by atoms with Crippen LogP contribution in [0.4, 0.5) is 5.69 Å². The monoisotopic (exact) mass is 264 g/mol. The Bertz CT molecular complexity index is 424. The molecule has 1 atom stereocenters. The molecule has 0 aliphatic heterocycles. The van der Waals surface area contributed by atoms with Crippen LogP contribution < -0.4 is 11.1 Å². The number of hydrogen-bond donors (Lipinski definition) is 3. The Morgan fingerprint density at radius 3 is 2.68 bits per heavy atom. The molecule has 1 aromatic rings. The first-order valence-electron chi connectivity index (χ1n) is 6.61. The molecule has 4 heteroatoms. The highest BCUT2D eigenvalue weighted by Crippen LogP contribution is 2.19. The SMILES string of the molecule is CC(C)(C)C(N)C(=O)Nc1cccc(CCCO)c1. The Kier molecular flexibility index (Phi) is 5.51. The first kappa shape index (κ1) is 15.7. The lowest BCUT2D eigenvalue weighted by atomic mass is 9.87. The Labute approximate surface area is 115 Å². The van der Waals surface area contributed by atoms with Crippen molar-refractivity contribution in [2.45, 2.75) is 39.7 Å². The van der Waals surface area contributed by atoms with Gasteiger partial charge in [0.15, 0.2) is 0 Å². The van der Waals surface area contributed by atoms with E-state index in [2.05, 4.69) is 5.32 Å². The summed E-state index contributed by atoms with van der Waals surface area (Å²) in [6.45, 7) is 5.99. The zero-order valence-corrected chi connectivity index (χ0v) is 11.9. The fraction of sp³-hybridized carbons (Fsp3) is 0.533. The van der Waals surface area contributed by atoms with Crippen molar-refractivity contribution in [3.05, 3.63) is 29.8 Å². The highest BCUT2D eigenvalue weighted by atomic mass is 16.2. The highest BCUT2D eigenvalue weighted by Gasteiger charge is 2.27. The molecule has 4 nitrogen and oxygen atoms in total. The topological polar surface area (TPSA) is 75.4 Å². The number of aliphatic hydroxyl groups excluding tert-OH is 1. The van der Waals surface area contributed by atoms with Crippen LogP contribution in [0.5, 0.6) is 0 Å². The van der Waals surface area contributed by atoms with Crippen molar-refractivity contribution in [3.63, 3.8) is 0 Å². The summed E-state index contributed by atoms with van der Waals surface area (Å²) in [4.78, 5) is 12.0. The zero-order chi connectivity index (χ0) is 14.5. The Morgan fingerprint density at radius 1 is 1.42 bits per heavy atom. The number of nitrogens with two attached hydrogens (primary N) is 1. The van der Waals surface area contributed by atoms with Gasteiger partial charge in [0.05, 0.1) is 6.04 Å². The number of anilines is 1. The maximum absolute atomic E-state index is 12.0. The predicted octanol–water partition coefficient (Wildman–Crippen LogP) is 1.92. The molecule has 0 heterocycles. The first-order valence-corrected chi connectivity index (χ1v) is 6.61. The van der Waals surface area contributed by atoms with E-state index in [1.54, 1.807) is 0 Å². The average molecular weight is 264 g/mol. The molecule has 0 bridgehead atoms. The van der Waals surface area contributed by atoms with E-state index in [-0.39, 0.29) is 17.9 Å².